The van der Waals surface area contributed by atoms with Gasteiger partial charge in [-0.2, -0.15) is 0 Å². The van der Waals surface area contributed by atoms with Gasteiger partial charge in [0.1, 0.15) is 0 Å². The summed E-state index contributed by atoms with van der Waals surface area (Å²) in [6, 6.07) is 6.91. The van der Waals surface area contributed by atoms with E-state index in [4.69, 9.17) is 0 Å². The van der Waals surface area contributed by atoms with Gasteiger partial charge in [0.15, 0.2) is 0 Å². The van der Waals surface area contributed by atoms with E-state index in [1.54, 1.807) is 30.0 Å². The van der Waals surface area contributed by atoms with Gasteiger partial charge in [0.05, 0.1) is 4.92 Å². The van der Waals surface area contributed by atoms with Crippen LogP contribution in [0, 0.1) is 10.1 Å². The van der Waals surface area contributed by atoms with Crippen molar-refractivity contribution >= 4 is 17.4 Å². The van der Waals surface area contributed by atoms with Crippen molar-refractivity contribution in [1.29, 1.82) is 0 Å². The second-order valence-electron chi connectivity index (χ2n) is 5.08. The van der Waals surface area contributed by atoms with Gasteiger partial charge in [-0.15, -0.1) is 11.8 Å². The third-order valence-corrected chi connectivity index (χ3v) is 4.38. The summed E-state index contributed by atoms with van der Waals surface area (Å²) < 4.78 is 0. The monoisotopic (exact) mass is 295 g/mol. The van der Waals surface area contributed by atoms with Gasteiger partial charge in [-0.05, 0) is 18.2 Å². The summed E-state index contributed by atoms with van der Waals surface area (Å²) in [6.07, 6.45) is 10.5. The molecule has 1 rings (SSSR count). The number of hydrogen-bond donors (Lipinski definition) is 0. The van der Waals surface area contributed by atoms with Crippen LogP contribution in [0.5, 0.6) is 0 Å². The van der Waals surface area contributed by atoms with Crippen LogP contribution in [0.1, 0.15) is 58.3 Å². The summed E-state index contributed by atoms with van der Waals surface area (Å²) in [5.41, 5.74) is 0.186. The first-order chi connectivity index (χ1) is 9.74. The minimum Gasteiger partial charge on any atom is -0.258 e. The predicted octanol–water partition coefficient (Wildman–Crippen LogP) is 5.83. The van der Waals surface area contributed by atoms with Gasteiger partial charge in [0.25, 0.3) is 5.69 Å². The molecule has 20 heavy (non-hydrogen) atoms. The molecule has 0 saturated heterocycles. The van der Waals surface area contributed by atoms with Gasteiger partial charge in [-0.25, -0.2) is 0 Å². The Kier molecular flexibility index (Phi) is 9.13. The molecule has 4 heteroatoms. The third kappa shape index (κ3) is 7.53. The standard InChI is InChI=1S/C16H25NO2S/c1-2-3-4-5-6-7-8-9-13-20-16-12-10-11-15(14-16)17(18)19/h10-12,14H,2-9,13H2,1H3. The minimum atomic E-state index is -0.333. The second kappa shape index (κ2) is 10.7. The van der Waals surface area contributed by atoms with Crippen molar-refractivity contribution in [2.75, 3.05) is 5.75 Å². The number of hydrogen-bond acceptors (Lipinski definition) is 3. The van der Waals surface area contributed by atoms with E-state index in [0.29, 0.717) is 0 Å². The number of non-ortho nitro benzene ring substituents is 1. The van der Waals surface area contributed by atoms with Crippen molar-refractivity contribution in [3.63, 3.8) is 0 Å². The summed E-state index contributed by atoms with van der Waals surface area (Å²) in [7, 11) is 0. The lowest BCUT2D eigenvalue weighted by Gasteiger charge is -2.03. The molecule has 1 aromatic carbocycles. The largest absolute Gasteiger partial charge is 0.270 e. The van der Waals surface area contributed by atoms with Crippen LogP contribution < -0.4 is 0 Å². The molecular weight excluding hydrogens is 270 g/mol. The molecule has 3 nitrogen and oxygen atoms in total. The quantitative estimate of drug-likeness (QED) is 0.223. The van der Waals surface area contributed by atoms with Crippen molar-refractivity contribution in [3.05, 3.63) is 34.4 Å². The number of unbranched alkanes of at least 4 members (excludes halogenated alkanes) is 7. The molecule has 0 aliphatic rings. The van der Waals surface area contributed by atoms with E-state index in [2.05, 4.69) is 6.92 Å². The maximum atomic E-state index is 10.7. The Morgan fingerprint density at radius 2 is 1.70 bits per heavy atom. The third-order valence-electron chi connectivity index (χ3n) is 3.30. The summed E-state index contributed by atoms with van der Waals surface area (Å²) >= 11 is 1.72. The topological polar surface area (TPSA) is 43.1 Å². The number of nitro benzene ring substituents is 1. The second-order valence-corrected chi connectivity index (χ2v) is 6.25. The number of thioether (sulfide) groups is 1. The van der Waals surface area contributed by atoms with Crippen LogP contribution in [0.4, 0.5) is 5.69 Å². The molecule has 0 N–H and O–H groups in total. The maximum Gasteiger partial charge on any atom is 0.270 e. The van der Waals surface area contributed by atoms with Crippen LogP contribution in [-0.4, -0.2) is 10.7 Å². The van der Waals surface area contributed by atoms with Crippen LogP contribution in [-0.2, 0) is 0 Å². The van der Waals surface area contributed by atoms with E-state index in [1.165, 1.54) is 51.4 Å². The van der Waals surface area contributed by atoms with Gasteiger partial charge in [-0.3, -0.25) is 10.1 Å². The zero-order chi connectivity index (χ0) is 14.6. The van der Waals surface area contributed by atoms with Crippen LogP contribution in [0.3, 0.4) is 0 Å². The average molecular weight is 295 g/mol. The van der Waals surface area contributed by atoms with Crippen LogP contribution in [0.25, 0.3) is 0 Å². The van der Waals surface area contributed by atoms with E-state index in [-0.39, 0.29) is 10.6 Å². The molecule has 0 radical (unpaired) electrons. The first-order valence-corrected chi connectivity index (χ1v) is 8.60. The molecule has 0 amide bonds. The van der Waals surface area contributed by atoms with Gasteiger partial charge in [0.2, 0.25) is 0 Å². The number of benzene rings is 1. The lowest BCUT2D eigenvalue weighted by atomic mass is 10.1. The summed E-state index contributed by atoms with van der Waals surface area (Å²) in [4.78, 5) is 11.3. The highest BCUT2D eigenvalue weighted by Crippen LogP contribution is 2.24. The van der Waals surface area contributed by atoms with E-state index in [9.17, 15) is 10.1 Å². The van der Waals surface area contributed by atoms with E-state index in [1.807, 2.05) is 6.07 Å². The van der Waals surface area contributed by atoms with Crippen molar-refractivity contribution in [2.45, 2.75) is 63.2 Å². The molecule has 0 heterocycles. The molecule has 0 spiro atoms. The number of nitrogens with zero attached hydrogens (tertiary/aromatic N) is 1. The van der Waals surface area contributed by atoms with Crippen LogP contribution in [0.15, 0.2) is 29.2 Å². The Morgan fingerprint density at radius 3 is 2.35 bits per heavy atom. The fourth-order valence-electron chi connectivity index (χ4n) is 2.11. The summed E-state index contributed by atoms with van der Waals surface area (Å²) in [5, 5.41) is 10.7. The van der Waals surface area contributed by atoms with Gasteiger partial charge in [0, 0.05) is 17.0 Å². The van der Waals surface area contributed by atoms with Crippen molar-refractivity contribution < 1.29 is 4.92 Å². The van der Waals surface area contributed by atoms with Crippen molar-refractivity contribution in [1.82, 2.24) is 0 Å². The molecule has 1 aromatic rings. The Hall–Kier alpha value is -1.03. The van der Waals surface area contributed by atoms with Gasteiger partial charge >= 0.3 is 0 Å². The molecule has 112 valence electrons. The highest BCUT2D eigenvalue weighted by Gasteiger charge is 2.05. The molecule has 0 aromatic heterocycles. The lowest BCUT2D eigenvalue weighted by molar-refractivity contribution is -0.385. The molecular formula is C16H25NO2S. The summed E-state index contributed by atoms with van der Waals surface area (Å²) in [6.45, 7) is 2.24. The van der Waals surface area contributed by atoms with E-state index < -0.39 is 0 Å². The highest BCUT2D eigenvalue weighted by molar-refractivity contribution is 7.99. The summed E-state index contributed by atoms with van der Waals surface area (Å²) in [5.74, 6) is 1.05. The average Bonchev–Trinajstić information content (AvgIpc) is 2.46. The Labute approximate surface area is 126 Å². The zero-order valence-electron chi connectivity index (χ0n) is 12.3. The van der Waals surface area contributed by atoms with Crippen molar-refractivity contribution in [3.8, 4) is 0 Å². The lowest BCUT2D eigenvalue weighted by Crippen LogP contribution is -1.88. The van der Waals surface area contributed by atoms with Gasteiger partial charge in [-0.1, -0.05) is 57.9 Å². The smallest absolute Gasteiger partial charge is 0.258 e. The van der Waals surface area contributed by atoms with Crippen molar-refractivity contribution in [2.24, 2.45) is 0 Å². The van der Waals surface area contributed by atoms with Gasteiger partial charge < -0.3 is 0 Å². The van der Waals surface area contributed by atoms with E-state index >= 15 is 0 Å². The molecule has 0 aliphatic carbocycles. The molecule has 0 saturated carbocycles. The Bertz CT molecular complexity index is 396. The zero-order valence-corrected chi connectivity index (χ0v) is 13.2. The number of rotatable bonds is 11. The Morgan fingerprint density at radius 1 is 1.05 bits per heavy atom. The highest BCUT2D eigenvalue weighted by atomic mass is 32.2. The molecule has 0 atom stereocenters. The molecule has 0 bridgehead atoms. The first kappa shape index (κ1) is 17.0. The number of nitro groups is 1. The van der Waals surface area contributed by atoms with Crippen LogP contribution >= 0.6 is 11.8 Å². The SMILES string of the molecule is CCCCCCCCCCSc1cccc([N+](=O)[O-])c1. The fraction of sp³-hybridized carbons (Fsp3) is 0.625. The fourth-order valence-corrected chi connectivity index (χ4v) is 3.08. The first-order valence-electron chi connectivity index (χ1n) is 7.61. The van der Waals surface area contributed by atoms with E-state index in [0.717, 1.165) is 10.6 Å². The Balaban J connectivity index is 2.06. The molecule has 0 unspecified atom stereocenters. The predicted molar refractivity (Wildman–Crippen MR) is 86.4 cm³/mol. The van der Waals surface area contributed by atoms with Crippen LogP contribution in [0.2, 0.25) is 0 Å². The molecule has 0 aliphatic heterocycles. The molecule has 0 fully saturated rings. The normalized spacial score (nSPS) is 10.7. The minimum absolute atomic E-state index is 0.186. The maximum absolute atomic E-state index is 10.7.